The number of anilines is 2. The molecule has 2 aliphatic rings. The number of nitrogens with zero attached hydrogens (tertiary/aromatic N) is 6. The Bertz CT molecular complexity index is 1310. The number of carbonyl (C=O) groups excluding carboxylic acids is 4. The fraction of sp³-hybridized carbons (Fsp3) is 0.333. The average Bonchev–Trinajstić information content (AvgIpc) is 3.32. The van der Waals surface area contributed by atoms with E-state index >= 15 is 0 Å². The number of nitrogens with two attached hydrogens (primary N) is 1. The van der Waals surface area contributed by atoms with Gasteiger partial charge in [0.2, 0.25) is 17.9 Å². The van der Waals surface area contributed by atoms with Crippen molar-refractivity contribution in [2.45, 2.75) is 24.9 Å². The normalized spacial score (nSPS) is 19.1. The summed E-state index contributed by atoms with van der Waals surface area (Å²) in [6, 6.07) is 2.45. The molecule has 0 radical (unpaired) electrons. The minimum atomic E-state index is -1.50. The molecule has 0 spiro atoms. The number of carboxylic acid groups (broad SMARTS) is 1. The van der Waals surface area contributed by atoms with Crippen LogP contribution in [0, 0.1) is 0 Å². The van der Waals surface area contributed by atoms with E-state index < -0.39 is 29.2 Å². The van der Waals surface area contributed by atoms with E-state index in [0.29, 0.717) is 17.7 Å². The van der Waals surface area contributed by atoms with Gasteiger partial charge in [-0.05, 0) is 13.0 Å². The molecule has 1 fully saturated rings. The number of thioether (sulfide) groups is 1. The van der Waals surface area contributed by atoms with Gasteiger partial charge in [-0.1, -0.05) is 5.16 Å². The van der Waals surface area contributed by atoms with Gasteiger partial charge in [0.1, 0.15) is 23.7 Å². The zero-order valence-corrected chi connectivity index (χ0v) is 21.3. The molecule has 3 N–H and O–H groups in total. The van der Waals surface area contributed by atoms with Gasteiger partial charge in [-0.25, -0.2) is 0 Å². The van der Waals surface area contributed by atoms with E-state index in [4.69, 9.17) is 10.6 Å². The Hall–Kier alpha value is -4.05. The highest BCUT2D eigenvalue weighted by Crippen LogP contribution is 2.40. The van der Waals surface area contributed by atoms with Crippen LogP contribution >= 0.6 is 23.3 Å². The molecule has 1 unspecified atom stereocenters. The summed E-state index contributed by atoms with van der Waals surface area (Å²) in [6.45, 7) is 2.01. The van der Waals surface area contributed by atoms with Gasteiger partial charge in [0.25, 0.3) is 11.8 Å². The molecule has 4 rings (SSSR count). The SMILES string of the molecule is CCON=C(C(=O)NC1C(=O)N2C(C(=O)[O-])=C(C[n+]3cccc(N(C)C=O)c3)CS[C@H]12)c1nsc(N)n1. The van der Waals surface area contributed by atoms with Crippen LogP contribution in [0.15, 0.2) is 41.0 Å². The zero-order valence-electron chi connectivity index (χ0n) is 19.7. The Balaban J connectivity index is 1.53. The van der Waals surface area contributed by atoms with Crippen molar-refractivity contribution in [2.75, 3.05) is 30.0 Å². The van der Waals surface area contributed by atoms with Crippen molar-refractivity contribution in [3.63, 3.8) is 0 Å². The smallest absolute Gasteiger partial charge is 0.278 e. The summed E-state index contributed by atoms with van der Waals surface area (Å²) in [6.07, 6.45) is 4.06. The van der Waals surface area contributed by atoms with Crippen molar-refractivity contribution < 1.29 is 33.7 Å². The number of hydrogen-bond acceptors (Lipinski definition) is 12. The molecule has 0 aromatic carbocycles. The summed E-state index contributed by atoms with van der Waals surface area (Å²) in [4.78, 5) is 60.5. The molecule has 0 saturated carbocycles. The molecule has 16 heteroatoms. The summed E-state index contributed by atoms with van der Waals surface area (Å²) in [5, 5.41) is 17.9. The molecule has 0 aliphatic carbocycles. The van der Waals surface area contributed by atoms with Crippen molar-refractivity contribution in [1.29, 1.82) is 0 Å². The number of nitrogen functional groups attached to an aromatic ring is 1. The number of β-lactam (4-membered cyclic amide) rings is 1. The van der Waals surface area contributed by atoms with E-state index in [9.17, 15) is 24.3 Å². The average molecular weight is 547 g/mol. The van der Waals surface area contributed by atoms with Gasteiger partial charge in [0.05, 0.1) is 11.7 Å². The Morgan fingerprint density at radius 2 is 2.27 bits per heavy atom. The topological polar surface area (TPSA) is 187 Å². The van der Waals surface area contributed by atoms with E-state index in [1.54, 1.807) is 43.1 Å². The first-order valence-electron chi connectivity index (χ1n) is 10.9. The second-order valence-corrected chi connectivity index (χ2v) is 9.75. The van der Waals surface area contributed by atoms with Crippen LogP contribution in [-0.2, 0) is 30.6 Å². The van der Waals surface area contributed by atoms with Crippen molar-refractivity contribution in [2.24, 2.45) is 5.16 Å². The number of nitrogens with one attached hydrogen (secondary N) is 1. The molecule has 2 aromatic rings. The first kappa shape index (κ1) is 26.0. The third kappa shape index (κ3) is 5.24. The summed E-state index contributed by atoms with van der Waals surface area (Å²) in [5.74, 6) is -2.65. The lowest BCUT2D eigenvalue weighted by Crippen LogP contribution is -2.71. The number of aliphatic carboxylic acids is 1. The van der Waals surface area contributed by atoms with Crippen LogP contribution in [0.1, 0.15) is 12.7 Å². The molecule has 2 atom stereocenters. The highest BCUT2D eigenvalue weighted by Gasteiger charge is 2.53. The number of amides is 3. The summed E-state index contributed by atoms with van der Waals surface area (Å²) < 4.78 is 5.67. The Morgan fingerprint density at radius 3 is 2.92 bits per heavy atom. The van der Waals surface area contributed by atoms with Crippen LogP contribution in [0.5, 0.6) is 0 Å². The quantitative estimate of drug-likeness (QED) is 0.109. The van der Waals surface area contributed by atoms with E-state index in [2.05, 4.69) is 19.8 Å². The maximum absolute atomic E-state index is 13.0. The number of carboxylic acids is 1. The number of rotatable bonds is 10. The lowest BCUT2D eigenvalue weighted by Gasteiger charge is -2.50. The molecule has 4 heterocycles. The molecule has 2 aliphatic heterocycles. The third-order valence-electron chi connectivity index (χ3n) is 5.46. The number of fused-ring (bicyclic) bond motifs is 1. The van der Waals surface area contributed by atoms with Gasteiger partial charge in [-0.15, -0.1) is 11.8 Å². The second-order valence-electron chi connectivity index (χ2n) is 7.87. The molecule has 0 bridgehead atoms. The highest BCUT2D eigenvalue weighted by atomic mass is 32.2. The number of hydrogen-bond donors (Lipinski definition) is 2. The maximum Gasteiger partial charge on any atom is 0.278 e. The summed E-state index contributed by atoms with van der Waals surface area (Å²) in [5.41, 5.74) is 6.17. The minimum Gasteiger partial charge on any atom is -0.543 e. The van der Waals surface area contributed by atoms with Gasteiger partial charge in [-0.2, -0.15) is 13.9 Å². The first-order chi connectivity index (χ1) is 17.7. The summed E-state index contributed by atoms with van der Waals surface area (Å²) in [7, 11) is 1.59. The molecular weight excluding hydrogens is 524 g/mol. The van der Waals surface area contributed by atoms with Crippen LogP contribution in [0.2, 0.25) is 0 Å². The van der Waals surface area contributed by atoms with Crippen molar-refractivity contribution in [3.05, 3.63) is 41.6 Å². The lowest BCUT2D eigenvalue weighted by molar-refractivity contribution is -0.688. The third-order valence-corrected chi connectivity index (χ3v) is 7.34. The van der Waals surface area contributed by atoms with Gasteiger partial charge in [-0.3, -0.25) is 19.3 Å². The fourth-order valence-corrected chi connectivity index (χ4v) is 5.51. The van der Waals surface area contributed by atoms with E-state index in [-0.39, 0.29) is 41.3 Å². The predicted octanol–water partition coefficient (Wildman–Crippen LogP) is -2.15. The standard InChI is InChI=1S/C21H22N8O6S2/c1-3-35-25-13(16-24-21(22)37-26-16)17(31)23-14-18(32)29-15(20(33)34)11(9-36-19(14)29)7-28-6-4-5-12(8-28)27(2)10-30/h4-6,8,10,14,19H,3,7,9H2,1-2H3,(H3-,22,23,24,26,31,33,34)/t14?,19-/m1/s1. The monoisotopic (exact) mass is 546 g/mol. The molecule has 3 amide bonds. The zero-order chi connectivity index (χ0) is 26.7. The van der Waals surface area contributed by atoms with Gasteiger partial charge < -0.3 is 30.7 Å². The molecule has 37 heavy (non-hydrogen) atoms. The summed E-state index contributed by atoms with van der Waals surface area (Å²) >= 11 is 2.17. The van der Waals surface area contributed by atoms with Crippen molar-refractivity contribution in [1.82, 2.24) is 19.6 Å². The van der Waals surface area contributed by atoms with Crippen LogP contribution in [0.3, 0.4) is 0 Å². The van der Waals surface area contributed by atoms with Crippen LogP contribution < -0.4 is 25.6 Å². The molecule has 2 aromatic heterocycles. The fourth-order valence-electron chi connectivity index (χ4n) is 3.74. The van der Waals surface area contributed by atoms with Crippen LogP contribution in [0.25, 0.3) is 0 Å². The maximum atomic E-state index is 13.0. The molecule has 14 nitrogen and oxygen atoms in total. The Kier molecular flexibility index (Phi) is 7.68. The molecule has 194 valence electrons. The van der Waals surface area contributed by atoms with Crippen molar-refractivity contribution >= 4 is 64.0 Å². The number of carbonyl (C=O) groups is 4. The Morgan fingerprint density at radius 1 is 1.49 bits per heavy atom. The molecular formula is C21H22N8O6S2. The predicted molar refractivity (Wildman–Crippen MR) is 131 cm³/mol. The van der Waals surface area contributed by atoms with Crippen LogP contribution in [0.4, 0.5) is 10.8 Å². The van der Waals surface area contributed by atoms with Gasteiger partial charge in [0, 0.05) is 36.0 Å². The van der Waals surface area contributed by atoms with Gasteiger partial charge in [0.15, 0.2) is 24.1 Å². The van der Waals surface area contributed by atoms with Crippen LogP contribution in [-0.4, -0.2) is 75.0 Å². The van der Waals surface area contributed by atoms with Gasteiger partial charge >= 0.3 is 0 Å². The molecule has 1 saturated heterocycles. The first-order valence-corrected chi connectivity index (χ1v) is 12.7. The second kappa shape index (κ2) is 10.9. The van der Waals surface area contributed by atoms with E-state index in [1.807, 2.05) is 0 Å². The largest absolute Gasteiger partial charge is 0.543 e. The number of aromatic nitrogens is 3. The lowest BCUT2D eigenvalue weighted by atomic mass is 10.0. The number of oxime groups is 1. The Labute approximate surface area is 218 Å². The minimum absolute atomic E-state index is 0.0505. The van der Waals surface area contributed by atoms with E-state index in [0.717, 1.165) is 16.4 Å². The van der Waals surface area contributed by atoms with Crippen molar-refractivity contribution in [3.8, 4) is 0 Å². The highest BCUT2D eigenvalue weighted by molar-refractivity contribution is 8.00. The van der Waals surface area contributed by atoms with E-state index in [1.165, 1.54) is 16.7 Å². The number of pyridine rings is 1.